The Morgan fingerprint density at radius 2 is 1.78 bits per heavy atom. The molecule has 0 aliphatic carbocycles. The lowest BCUT2D eigenvalue weighted by Crippen LogP contribution is -2.50. The fourth-order valence-corrected chi connectivity index (χ4v) is 3.07. The van der Waals surface area contributed by atoms with Crippen LogP contribution in [-0.4, -0.2) is 60.9 Å². The third-order valence-corrected chi connectivity index (χ3v) is 4.75. The van der Waals surface area contributed by atoms with Crippen LogP contribution in [0.25, 0.3) is 0 Å². The number of nitrogens with one attached hydrogen (secondary N) is 1. The summed E-state index contributed by atoms with van der Waals surface area (Å²) in [6, 6.07) is 8.19. The Kier molecular flexibility index (Phi) is 8.58. The van der Waals surface area contributed by atoms with Crippen molar-refractivity contribution < 1.29 is 14.3 Å². The molecule has 1 fully saturated rings. The van der Waals surface area contributed by atoms with Gasteiger partial charge in [0, 0.05) is 39.1 Å². The van der Waals surface area contributed by atoms with E-state index in [2.05, 4.69) is 36.2 Å². The van der Waals surface area contributed by atoms with Crippen LogP contribution in [0.4, 0.5) is 0 Å². The predicted octanol–water partition coefficient (Wildman–Crippen LogP) is 2.28. The maximum absolute atomic E-state index is 12.3. The Labute approximate surface area is 162 Å². The molecule has 27 heavy (non-hydrogen) atoms. The number of piperazine rings is 1. The Morgan fingerprint density at radius 1 is 1.11 bits per heavy atom. The molecule has 0 atom stereocenters. The first-order valence-corrected chi connectivity index (χ1v) is 9.96. The first-order chi connectivity index (χ1) is 13.0. The van der Waals surface area contributed by atoms with Gasteiger partial charge in [-0.15, -0.1) is 0 Å². The first-order valence-electron chi connectivity index (χ1n) is 9.96. The zero-order valence-corrected chi connectivity index (χ0v) is 16.9. The van der Waals surface area contributed by atoms with E-state index in [1.807, 2.05) is 24.0 Å². The van der Waals surface area contributed by atoms with Crippen molar-refractivity contribution in [2.24, 2.45) is 5.92 Å². The van der Waals surface area contributed by atoms with Crippen molar-refractivity contribution in [2.75, 3.05) is 39.3 Å². The van der Waals surface area contributed by atoms with E-state index < -0.39 is 0 Å². The number of rotatable bonds is 9. The summed E-state index contributed by atoms with van der Waals surface area (Å²) < 4.78 is 5.47. The molecule has 1 heterocycles. The molecule has 0 radical (unpaired) electrons. The maximum atomic E-state index is 12.3. The second-order valence-corrected chi connectivity index (χ2v) is 7.44. The Morgan fingerprint density at radius 3 is 2.37 bits per heavy atom. The van der Waals surface area contributed by atoms with Gasteiger partial charge in [-0.3, -0.25) is 14.5 Å². The average Bonchev–Trinajstić information content (AvgIpc) is 2.67. The quantitative estimate of drug-likeness (QED) is 0.719. The molecule has 0 aromatic heterocycles. The smallest absolute Gasteiger partial charge is 0.242 e. The maximum Gasteiger partial charge on any atom is 0.242 e. The molecule has 0 bridgehead atoms. The number of benzene rings is 1. The zero-order valence-electron chi connectivity index (χ0n) is 16.9. The lowest BCUT2D eigenvalue weighted by Gasteiger charge is -2.34. The number of hydrogen-bond donors (Lipinski definition) is 1. The van der Waals surface area contributed by atoms with Crippen LogP contribution in [0, 0.1) is 5.92 Å². The highest BCUT2D eigenvalue weighted by molar-refractivity contribution is 5.84. The van der Waals surface area contributed by atoms with Crippen molar-refractivity contribution >= 4 is 11.8 Å². The Balaban J connectivity index is 1.68. The van der Waals surface area contributed by atoms with Gasteiger partial charge in [0.2, 0.25) is 11.8 Å². The van der Waals surface area contributed by atoms with Gasteiger partial charge in [0.05, 0.1) is 13.2 Å². The van der Waals surface area contributed by atoms with Crippen LogP contribution in [-0.2, 0) is 16.1 Å². The summed E-state index contributed by atoms with van der Waals surface area (Å²) in [6.45, 7) is 10.9. The fraction of sp³-hybridized carbons (Fsp3) is 0.619. The van der Waals surface area contributed by atoms with E-state index in [9.17, 15) is 9.59 Å². The van der Waals surface area contributed by atoms with E-state index in [4.69, 9.17) is 4.74 Å². The Bertz CT molecular complexity index is 593. The molecule has 2 rings (SSSR count). The molecule has 6 nitrogen and oxygen atoms in total. The van der Waals surface area contributed by atoms with Crippen LogP contribution in [0.2, 0.25) is 0 Å². The summed E-state index contributed by atoms with van der Waals surface area (Å²) in [5, 5.41) is 2.75. The molecule has 2 amide bonds. The van der Waals surface area contributed by atoms with Gasteiger partial charge in [-0.2, -0.15) is 0 Å². The van der Waals surface area contributed by atoms with Crippen molar-refractivity contribution in [1.82, 2.24) is 15.1 Å². The topological polar surface area (TPSA) is 61.9 Å². The Hall–Kier alpha value is -2.08. The minimum atomic E-state index is -0.0359. The molecular formula is C21H33N3O3. The van der Waals surface area contributed by atoms with Gasteiger partial charge in [-0.25, -0.2) is 0 Å². The number of ether oxygens (including phenoxy) is 1. The van der Waals surface area contributed by atoms with Crippen molar-refractivity contribution in [3.8, 4) is 5.75 Å². The van der Waals surface area contributed by atoms with E-state index >= 15 is 0 Å². The summed E-state index contributed by atoms with van der Waals surface area (Å²) in [6.07, 6.45) is 1.34. The number of carbonyl (C=O) groups is 2. The summed E-state index contributed by atoms with van der Waals surface area (Å²) in [4.78, 5) is 28.2. The van der Waals surface area contributed by atoms with E-state index in [1.165, 1.54) is 5.56 Å². The molecular weight excluding hydrogens is 342 g/mol. The molecule has 1 aliphatic rings. The lowest BCUT2D eigenvalue weighted by molar-refractivity contribution is -0.134. The number of hydrogen-bond acceptors (Lipinski definition) is 4. The van der Waals surface area contributed by atoms with E-state index in [0.717, 1.165) is 31.8 Å². The molecule has 0 saturated carbocycles. The number of carbonyl (C=O) groups excluding carboxylic acids is 2. The molecule has 1 aromatic rings. The molecule has 0 spiro atoms. The fourth-order valence-electron chi connectivity index (χ4n) is 3.07. The lowest BCUT2D eigenvalue weighted by atomic mass is 10.1. The minimum absolute atomic E-state index is 0.00798. The molecule has 1 aromatic carbocycles. The van der Waals surface area contributed by atoms with Gasteiger partial charge in [-0.05, 0) is 37.0 Å². The predicted molar refractivity (Wildman–Crippen MR) is 107 cm³/mol. The molecule has 6 heteroatoms. The van der Waals surface area contributed by atoms with E-state index in [1.54, 1.807) is 0 Å². The number of nitrogens with zero attached hydrogens (tertiary/aromatic N) is 2. The van der Waals surface area contributed by atoms with Gasteiger partial charge < -0.3 is 15.0 Å². The van der Waals surface area contributed by atoms with Gasteiger partial charge in [0.1, 0.15) is 5.75 Å². The van der Waals surface area contributed by atoms with Gasteiger partial charge in [-0.1, -0.05) is 26.0 Å². The van der Waals surface area contributed by atoms with Crippen LogP contribution in [0.5, 0.6) is 5.75 Å². The minimum Gasteiger partial charge on any atom is -0.494 e. The monoisotopic (exact) mass is 375 g/mol. The standard InChI is InChI=1S/C21H33N3O3/c1-4-27-19-8-6-18(7-9-19)16-23-11-13-24(14-12-23)21(26)15-22-20(25)10-5-17(2)3/h6-9,17H,4-5,10-16H2,1-3H3,(H,22,25). The number of amides is 2. The summed E-state index contributed by atoms with van der Waals surface area (Å²) in [7, 11) is 0. The van der Waals surface area contributed by atoms with Crippen LogP contribution < -0.4 is 10.1 Å². The highest BCUT2D eigenvalue weighted by atomic mass is 16.5. The first kappa shape index (κ1) is 21.2. The van der Waals surface area contributed by atoms with Crippen molar-refractivity contribution in [3.05, 3.63) is 29.8 Å². The molecule has 0 unspecified atom stereocenters. The zero-order chi connectivity index (χ0) is 19.6. The van der Waals surface area contributed by atoms with E-state index in [0.29, 0.717) is 32.0 Å². The summed E-state index contributed by atoms with van der Waals surface area (Å²) in [5.74, 6) is 1.36. The van der Waals surface area contributed by atoms with Crippen molar-refractivity contribution in [3.63, 3.8) is 0 Å². The van der Waals surface area contributed by atoms with Gasteiger partial charge >= 0.3 is 0 Å². The van der Waals surface area contributed by atoms with Crippen LogP contribution in [0.3, 0.4) is 0 Å². The average molecular weight is 376 g/mol. The molecule has 1 aliphatic heterocycles. The largest absolute Gasteiger partial charge is 0.494 e. The van der Waals surface area contributed by atoms with Crippen LogP contribution in [0.1, 0.15) is 39.2 Å². The SMILES string of the molecule is CCOc1ccc(CN2CCN(C(=O)CNC(=O)CCC(C)C)CC2)cc1. The van der Waals surface area contributed by atoms with Gasteiger partial charge in [0.15, 0.2) is 0 Å². The third kappa shape index (κ3) is 7.59. The second kappa shape index (κ2) is 10.9. The van der Waals surface area contributed by atoms with Gasteiger partial charge in [0.25, 0.3) is 0 Å². The summed E-state index contributed by atoms with van der Waals surface area (Å²) in [5.41, 5.74) is 1.25. The van der Waals surface area contributed by atoms with E-state index in [-0.39, 0.29) is 18.4 Å². The van der Waals surface area contributed by atoms with Crippen molar-refractivity contribution in [1.29, 1.82) is 0 Å². The molecule has 1 N–H and O–H groups in total. The summed E-state index contributed by atoms with van der Waals surface area (Å²) >= 11 is 0. The third-order valence-electron chi connectivity index (χ3n) is 4.75. The highest BCUT2D eigenvalue weighted by Crippen LogP contribution is 2.14. The second-order valence-electron chi connectivity index (χ2n) is 7.44. The molecule has 150 valence electrons. The van der Waals surface area contributed by atoms with Crippen molar-refractivity contribution in [2.45, 2.75) is 40.2 Å². The molecule has 1 saturated heterocycles. The van der Waals surface area contributed by atoms with Crippen LogP contribution in [0.15, 0.2) is 24.3 Å². The van der Waals surface area contributed by atoms with Crippen LogP contribution >= 0.6 is 0 Å². The highest BCUT2D eigenvalue weighted by Gasteiger charge is 2.21. The normalized spacial score (nSPS) is 15.0.